The summed E-state index contributed by atoms with van der Waals surface area (Å²) in [5.74, 6) is -2.07. The van der Waals surface area contributed by atoms with E-state index in [2.05, 4.69) is 10.6 Å². The summed E-state index contributed by atoms with van der Waals surface area (Å²) < 4.78 is 0. The first-order chi connectivity index (χ1) is 15.7. The fourth-order valence-corrected chi connectivity index (χ4v) is 3.63. The maximum absolute atomic E-state index is 12.9. The number of rotatable bonds is 8. The number of carboxylic acids is 1. The molecule has 2 unspecified atom stereocenters. The highest BCUT2D eigenvalue weighted by Gasteiger charge is 2.25. The molecule has 0 bridgehead atoms. The van der Waals surface area contributed by atoms with Crippen molar-refractivity contribution in [1.29, 1.82) is 0 Å². The SMILES string of the molecule is Cc1cc(C)cc(C(=O)NC(Cc2ccc(-c3ccccc3)cc2)C(=O)NC(C)C(=O)O)c1. The van der Waals surface area contributed by atoms with E-state index in [1.807, 2.05) is 74.5 Å². The lowest BCUT2D eigenvalue weighted by Crippen LogP contribution is -2.51. The van der Waals surface area contributed by atoms with Crippen LogP contribution in [0.4, 0.5) is 0 Å². The van der Waals surface area contributed by atoms with Gasteiger partial charge in [-0.3, -0.25) is 14.4 Å². The molecule has 0 saturated heterocycles. The number of hydrogen-bond acceptors (Lipinski definition) is 3. The molecule has 6 heteroatoms. The fourth-order valence-electron chi connectivity index (χ4n) is 3.63. The van der Waals surface area contributed by atoms with Crippen LogP contribution in [0.25, 0.3) is 11.1 Å². The Morgan fingerprint density at radius 2 is 1.39 bits per heavy atom. The van der Waals surface area contributed by atoms with Crippen molar-refractivity contribution in [3.05, 3.63) is 95.1 Å². The average Bonchev–Trinajstić information content (AvgIpc) is 2.78. The molecule has 0 aliphatic rings. The second kappa shape index (κ2) is 10.6. The topological polar surface area (TPSA) is 95.5 Å². The molecule has 2 atom stereocenters. The minimum absolute atomic E-state index is 0.226. The molecule has 170 valence electrons. The zero-order chi connectivity index (χ0) is 24.0. The minimum atomic E-state index is -1.14. The summed E-state index contributed by atoms with van der Waals surface area (Å²) in [5.41, 5.74) is 5.31. The highest BCUT2D eigenvalue weighted by Crippen LogP contribution is 2.20. The Bertz CT molecular complexity index is 1120. The van der Waals surface area contributed by atoms with Crippen molar-refractivity contribution in [3.8, 4) is 11.1 Å². The minimum Gasteiger partial charge on any atom is -0.480 e. The predicted molar refractivity (Wildman–Crippen MR) is 128 cm³/mol. The molecule has 6 nitrogen and oxygen atoms in total. The molecular formula is C27H28N2O4. The van der Waals surface area contributed by atoms with Gasteiger partial charge in [-0.15, -0.1) is 0 Å². The molecule has 0 aromatic heterocycles. The maximum Gasteiger partial charge on any atom is 0.325 e. The molecule has 0 saturated carbocycles. The quantitative estimate of drug-likeness (QED) is 0.491. The van der Waals surface area contributed by atoms with Crippen LogP contribution in [0.1, 0.15) is 34.0 Å². The number of nitrogens with one attached hydrogen (secondary N) is 2. The molecule has 2 amide bonds. The smallest absolute Gasteiger partial charge is 0.325 e. The van der Waals surface area contributed by atoms with Crippen molar-refractivity contribution in [3.63, 3.8) is 0 Å². The number of carboxylic acid groups (broad SMARTS) is 1. The Labute approximate surface area is 193 Å². The van der Waals surface area contributed by atoms with Crippen LogP contribution < -0.4 is 10.6 Å². The van der Waals surface area contributed by atoms with Crippen LogP contribution in [0.15, 0.2) is 72.8 Å². The van der Waals surface area contributed by atoms with Gasteiger partial charge < -0.3 is 15.7 Å². The van der Waals surface area contributed by atoms with E-state index >= 15 is 0 Å². The molecule has 0 aliphatic carbocycles. The van der Waals surface area contributed by atoms with Gasteiger partial charge in [0.25, 0.3) is 5.91 Å². The summed E-state index contributed by atoms with van der Waals surface area (Å²) in [4.78, 5) is 37.0. The summed E-state index contributed by atoms with van der Waals surface area (Å²) in [7, 11) is 0. The van der Waals surface area contributed by atoms with Gasteiger partial charge in [-0.2, -0.15) is 0 Å². The number of aliphatic carboxylic acids is 1. The Kier molecular flexibility index (Phi) is 7.61. The van der Waals surface area contributed by atoms with Gasteiger partial charge in [-0.05, 0) is 49.6 Å². The second-order valence-electron chi connectivity index (χ2n) is 8.24. The molecule has 3 rings (SSSR count). The van der Waals surface area contributed by atoms with E-state index in [-0.39, 0.29) is 12.3 Å². The van der Waals surface area contributed by atoms with Gasteiger partial charge in [-0.1, -0.05) is 71.8 Å². The van der Waals surface area contributed by atoms with Crippen LogP contribution in [0.3, 0.4) is 0 Å². The Balaban J connectivity index is 1.81. The first-order valence-corrected chi connectivity index (χ1v) is 10.8. The van der Waals surface area contributed by atoms with Gasteiger partial charge in [0.1, 0.15) is 12.1 Å². The molecule has 0 heterocycles. The summed E-state index contributed by atoms with van der Waals surface area (Å²) >= 11 is 0. The van der Waals surface area contributed by atoms with Gasteiger partial charge in [0.2, 0.25) is 5.91 Å². The molecule has 3 aromatic carbocycles. The molecule has 33 heavy (non-hydrogen) atoms. The standard InChI is InChI=1S/C27H28N2O4/c1-17-13-18(2)15-23(14-17)25(30)29-24(26(31)28-19(3)27(32)33)16-20-9-11-22(12-10-20)21-7-5-4-6-8-21/h4-15,19,24H,16H2,1-3H3,(H,28,31)(H,29,30)(H,32,33). The van der Waals surface area contributed by atoms with Gasteiger partial charge in [0.15, 0.2) is 0 Å². The lowest BCUT2D eigenvalue weighted by molar-refractivity contribution is -0.141. The van der Waals surface area contributed by atoms with E-state index in [9.17, 15) is 14.4 Å². The van der Waals surface area contributed by atoms with Crippen molar-refractivity contribution in [2.24, 2.45) is 0 Å². The van der Waals surface area contributed by atoms with Crippen molar-refractivity contribution in [2.75, 3.05) is 0 Å². The Hall–Kier alpha value is -3.93. The zero-order valence-corrected chi connectivity index (χ0v) is 19.0. The van der Waals surface area contributed by atoms with E-state index in [1.54, 1.807) is 12.1 Å². The molecule has 0 radical (unpaired) electrons. The lowest BCUT2D eigenvalue weighted by Gasteiger charge is -2.20. The summed E-state index contributed by atoms with van der Waals surface area (Å²) in [5, 5.41) is 14.4. The summed E-state index contributed by atoms with van der Waals surface area (Å²) in [6, 6.07) is 21.1. The van der Waals surface area contributed by atoms with Gasteiger partial charge in [0.05, 0.1) is 0 Å². The van der Waals surface area contributed by atoms with Gasteiger partial charge in [0, 0.05) is 12.0 Å². The lowest BCUT2D eigenvalue weighted by atomic mass is 9.99. The van der Waals surface area contributed by atoms with Gasteiger partial charge in [-0.25, -0.2) is 0 Å². The van der Waals surface area contributed by atoms with Crippen LogP contribution in [0, 0.1) is 13.8 Å². The molecule has 3 N–H and O–H groups in total. The van der Waals surface area contributed by atoms with E-state index in [0.29, 0.717) is 5.56 Å². The molecule has 0 fully saturated rings. The van der Waals surface area contributed by atoms with Crippen LogP contribution in [0.5, 0.6) is 0 Å². The third-order valence-electron chi connectivity index (χ3n) is 5.34. The summed E-state index contributed by atoms with van der Waals surface area (Å²) in [6.07, 6.45) is 0.226. The fraction of sp³-hybridized carbons (Fsp3) is 0.222. The van der Waals surface area contributed by atoms with Crippen LogP contribution in [-0.4, -0.2) is 35.0 Å². The van der Waals surface area contributed by atoms with Crippen molar-refractivity contribution in [2.45, 2.75) is 39.3 Å². The van der Waals surface area contributed by atoms with Crippen LogP contribution in [0.2, 0.25) is 0 Å². The Morgan fingerprint density at radius 1 is 0.818 bits per heavy atom. The molecule has 0 aliphatic heterocycles. The van der Waals surface area contributed by atoms with E-state index < -0.39 is 24.0 Å². The van der Waals surface area contributed by atoms with E-state index in [0.717, 1.165) is 27.8 Å². The monoisotopic (exact) mass is 444 g/mol. The van der Waals surface area contributed by atoms with Crippen LogP contribution >= 0.6 is 0 Å². The van der Waals surface area contributed by atoms with Crippen molar-refractivity contribution < 1.29 is 19.5 Å². The normalized spacial score (nSPS) is 12.5. The predicted octanol–water partition coefficient (Wildman–Crippen LogP) is 3.90. The largest absolute Gasteiger partial charge is 0.480 e. The zero-order valence-electron chi connectivity index (χ0n) is 19.0. The van der Waals surface area contributed by atoms with E-state index in [1.165, 1.54) is 6.92 Å². The third-order valence-corrected chi connectivity index (χ3v) is 5.34. The third kappa shape index (κ3) is 6.53. The van der Waals surface area contributed by atoms with Crippen LogP contribution in [-0.2, 0) is 16.0 Å². The molecule has 0 spiro atoms. The number of carbonyl (C=O) groups is 3. The van der Waals surface area contributed by atoms with Crippen molar-refractivity contribution in [1.82, 2.24) is 10.6 Å². The summed E-state index contributed by atoms with van der Waals surface area (Å²) in [6.45, 7) is 5.19. The first kappa shape index (κ1) is 23.7. The molecular weight excluding hydrogens is 416 g/mol. The number of amides is 2. The van der Waals surface area contributed by atoms with Crippen molar-refractivity contribution >= 4 is 17.8 Å². The molecule has 3 aromatic rings. The second-order valence-corrected chi connectivity index (χ2v) is 8.24. The van der Waals surface area contributed by atoms with Gasteiger partial charge >= 0.3 is 5.97 Å². The highest BCUT2D eigenvalue weighted by atomic mass is 16.4. The number of carbonyl (C=O) groups excluding carboxylic acids is 2. The number of aryl methyl sites for hydroxylation is 2. The first-order valence-electron chi connectivity index (χ1n) is 10.8. The number of benzene rings is 3. The Morgan fingerprint density at radius 3 is 1.97 bits per heavy atom. The maximum atomic E-state index is 12.9. The van der Waals surface area contributed by atoms with E-state index in [4.69, 9.17) is 5.11 Å². The average molecular weight is 445 g/mol. The highest BCUT2D eigenvalue weighted by molar-refractivity contribution is 5.98. The number of hydrogen-bond donors (Lipinski definition) is 3.